The van der Waals surface area contributed by atoms with Crippen LogP contribution in [0, 0.1) is 0 Å². The first kappa shape index (κ1) is 73.7. The molecular weight excluding hydrogens is 1620 g/mol. The molecule has 0 radical (unpaired) electrons. The van der Waals surface area contributed by atoms with E-state index in [1.54, 1.807) is 36.4 Å². The van der Waals surface area contributed by atoms with Crippen molar-refractivity contribution in [3.05, 3.63) is 497 Å². The summed E-state index contributed by atoms with van der Waals surface area (Å²) in [6.45, 7) is 0. The minimum atomic E-state index is -0.187. The lowest BCUT2D eigenvalue weighted by atomic mass is 9.59. The summed E-state index contributed by atoms with van der Waals surface area (Å²) in [5, 5.41) is 8.54. The van der Waals surface area contributed by atoms with Gasteiger partial charge >= 0.3 is 0 Å². The highest BCUT2D eigenvalue weighted by atomic mass is 16.1. The summed E-state index contributed by atoms with van der Waals surface area (Å²) in [4.78, 5) is 116. The van der Waals surface area contributed by atoms with E-state index >= 15 is 0 Å². The zero-order valence-corrected chi connectivity index (χ0v) is 69.5. The lowest BCUT2D eigenvalue weighted by Gasteiger charge is -2.44. The maximum Gasteiger partial charge on any atom is 0.197 e. The van der Waals surface area contributed by atoms with E-state index in [9.17, 15) is 38.4 Å². The van der Waals surface area contributed by atoms with Gasteiger partial charge in [-0.3, -0.25) is 38.4 Å². The highest BCUT2D eigenvalue weighted by Crippen LogP contribution is 2.60. The highest BCUT2D eigenvalue weighted by Gasteiger charge is 2.44. The van der Waals surface area contributed by atoms with Crippen molar-refractivity contribution >= 4 is 169 Å². The molecule has 3 aliphatic carbocycles. The van der Waals surface area contributed by atoms with Gasteiger partial charge in [-0.1, -0.05) is 224 Å². The Hall–Kier alpha value is -17.7. The summed E-state index contributed by atoms with van der Waals surface area (Å²) in [6, 6.07) is 125. The Labute approximate surface area is 740 Å². The summed E-state index contributed by atoms with van der Waals surface area (Å²) in [6.07, 6.45) is 0. The zero-order valence-electron chi connectivity index (χ0n) is 69.5. The Morgan fingerprint density at radius 1 is 0.176 bits per heavy atom. The molecule has 8 aromatic heterocycles. The number of anilines is 3. The molecule has 13 heteroatoms. The molecule has 26 aromatic rings. The Kier molecular flexibility index (Phi) is 15.4. The predicted octanol–water partition coefficient (Wildman–Crippen LogP) is 24.0. The van der Waals surface area contributed by atoms with E-state index < -0.39 is 0 Å². The molecule has 0 saturated heterocycles. The maximum absolute atomic E-state index is 14.9. The Bertz CT molecular complexity index is 9620. The molecule has 18 aromatic carbocycles. The van der Waals surface area contributed by atoms with Gasteiger partial charge in [-0.25, -0.2) is 0 Å². The van der Waals surface area contributed by atoms with Crippen LogP contribution in [0.1, 0.15) is 45.2 Å². The molecule has 2 bridgehead atoms. The number of pyridine rings is 8. The largest absolute Gasteiger partial charge is 0.309 e. The van der Waals surface area contributed by atoms with Crippen molar-refractivity contribution < 1.29 is 0 Å². The van der Waals surface area contributed by atoms with Crippen LogP contribution in [0.15, 0.2) is 421 Å². The van der Waals surface area contributed by atoms with E-state index in [1.165, 1.54) is 33.4 Å². The van der Waals surface area contributed by atoms with Crippen molar-refractivity contribution in [1.82, 2.24) is 17.6 Å². The number of aromatic nitrogens is 4. The minimum Gasteiger partial charge on any atom is -0.309 e. The second-order valence-corrected chi connectivity index (χ2v) is 34.6. The van der Waals surface area contributed by atoms with Crippen molar-refractivity contribution in [2.24, 2.45) is 0 Å². The number of fused-ring (bicyclic) bond motifs is 16. The summed E-state index contributed by atoms with van der Waals surface area (Å²) >= 11 is 0. The Morgan fingerprint density at radius 3 is 0.740 bits per heavy atom. The van der Waals surface area contributed by atoms with E-state index in [0.717, 1.165) is 72.3 Å². The van der Waals surface area contributed by atoms with Gasteiger partial charge in [-0.05, 0) is 224 Å². The quantitative estimate of drug-likeness (QED) is 0.112. The van der Waals surface area contributed by atoms with Crippen LogP contribution in [0.5, 0.6) is 0 Å². The molecule has 0 fully saturated rings. The summed E-state index contributed by atoms with van der Waals surface area (Å²) in [5.74, 6) is -0.177. The fourth-order valence-electron chi connectivity index (χ4n) is 22.6. The molecular formula is C118H65N5O8. The first-order valence-electron chi connectivity index (χ1n) is 43.8. The Balaban J connectivity index is 0.000000134. The molecule has 29 rings (SSSR count). The second-order valence-electron chi connectivity index (χ2n) is 34.6. The van der Waals surface area contributed by atoms with Gasteiger partial charge in [0.2, 0.25) is 0 Å². The highest BCUT2D eigenvalue weighted by molar-refractivity contribution is 6.14. The van der Waals surface area contributed by atoms with Crippen LogP contribution < -0.4 is 48.3 Å². The van der Waals surface area contributed by atoms with Crippen LogP contribution in [0.3, 0.4) is 0 Å². The molecule has 2 atom stereocenters. The minimum absolute atomic E-state index is 0.0717. The van der Waals surface area contributed by atoms with Gasteiger partial charge in [0.25, 0.3) is 0 Å². The van der Waals surface area contributed by atoms with E-state index in [1.807, 2.05) is 227 Å². The number of hydrogen-bond donors (Lipinski definition) is 0. The SMILES string of the molecule is O=c1c2ccccc2n2c3ccc(-c4cccc5c4C4c6ccccc6C5c5c(-c6ccc7c(c6)c(=O)c6cccc8c(=O)c9ccccc9n7c86)cccc54)cc3c(=O)c3cccc1c32.O=c1c2ccccc2n2c3ccc(N(c4ccc5c(c4)c(=O)c4cccc6c(=O)c7ccccc7n5c64)c4c(-c5ccccc5)cccc4-c4ccccc4)cc3c(=O)c3cccc1c32. The molecule has 0 amide bonds. The average molecular weight is 1680 g/mol. The summed E-state index contributed by atoms with van der Waals surface area (Å²) in [5.41, 5.74) is 25.0. The molecule has 0 aliphatic heterocycles. The van der Waals surface area contributed by atoms with Crippen LogP contribution in [-0.4, -0.2) is 17.6 Å². The normalized spacial score (nSPS) is 13.6. The number of para-hydroxylation sites is 9. The Morgan fingerprint density at radius 2 is 0.412 bits per heavy atom. The molecule has 131 heavy (non-hydrogen) atoms. The van der Waals surface area contributed by atoms with E-state index in [-0.39, 0.29) is 55.3 Å². The molecule has 0 spiro atoms. The molecule has 2 unspecified atom stereocenters. The standard InChI is InChI=1S/C60H32N2O4.C58H33N3O4/c63-57-37-13-3-5-23-47(37)61-49-27-25-31(29-45(49)59(65)43-21-9-19-41(57)55(43)61)33-15-8-18-40-51(33)53-35-11-1-2-12-36(35)54(40)52-34(16-7-17-39(52)53)32-26-28-50-46(30-32)60(66)44-22-10-20-42-56(44)62(50)48-24-6-4-14-38(48)58(42)64;62-55-40-18-7-9-26-48(40)60-50-30-28-36(32-46(50)57(64)44-24-12-22-42(55)53(44)60)59(52-38(34-14-3-1-4-15-34)20-11-21-39(52)35-16-5-2-6-17-35)37-29-31-51-47(33-37)58(65)45-25-13-23-43-54(45)61(51)49-27-10-8-19-41(49)56(43)63/h1-30,53-54H;1-33H. The molecule has 13 nitrogen and oxygen atoms in total. The van der Waals surface area contributed by atoms with Gasteiger partial charge in [0.05, 0.1) is 71.9 Å². The maximum atomic E-state index is 14.9. The van der Waals surface area contributed by atoms with E-state index in [4.69, 9.17) is 0 Å². The van der Waals surface area contributed by atoms with Gasteiger partial charge in [0, 0.05) is 121 Å². The van der Waals surface area contributed by atoms with Gasteiger partial charge in [0.1, 0.15) is 0 Å². The molecule has 610 valence electrons. The van der Waals surface area contributed by atoms with Crippen molar-refractivity contribution in [2.45, 2.75) is 11.8 Å². The molecule has 0 N–H and O–H groups in total. The topological polar surface area (TPSA) is 157 Å². The second kappa shape index (κ2) is 27.4. The van der Waals surface area contributed by atoms with Gasteiger partial charge in [0.15, 0.2) is 43.4 Å². The summed E-state index contributed by atoms with van der Waals surface area (Å²) < 4.78 is 8.28. The summed E-state index contributed by atoms with van der Waals surface area (Å²) in [7, 11) is 0. The van der Waals surface area contributed by atoms with Crippen LogP contribution in [0.2, 0.25) is 0 Å². The number of rotatable bonds is 7. The van der Waals surface area contributed by atoms with E-state index in [0.29, 0.717) is 142 Å². The molecule has 0 saturated carbocycles. The molecule has 8 heterocycles. The van der Waals surface area contributed by atoms with E-state index in [2.05, 4.69) is 141 Å². The third-order valence-corrected chi connectivity index (χ3v) is 28.1. The van der Waals surface area contributed by atoms with Crippen molar-refractivity contribution in [1.29, 1.82) is 0 Å². The van der Waals surface area contributed by atoms with Crippen LogP contribution in [-0.2, 0) is 0 Å². The lowest BCUT2D eigenvalue weighted by molar-refractivity contribution is 0.758. The predicted molar refractivity (Wildman–Crippen MR) is 533 cm³/mol. The molecule has 3 aliphatic rings. The van der Waals surface area contributed by atoms with Crippen molar-refractivity contribution in [2.75, 3.05) is 4.90 Å². The first-order valence-corrected chi connectivity index (χ1v) is 43.8. The fraction of sp³-hybridized carbons (Fsp3) is 0.0169. The monoisotopic (exact) mass is 1680 g/mol. The van der Waals surface area contributed by atoms with Gasteiger partial charge in [-0.15, -0.1) is 0 Å². The third kappa shape index (κ3) is 10.1. The third-order valence-electron chi connectivity index (χ3n) is 28.1. The van der Waals surface area contributed by atoms with Gasteiger partial charge < -0.3 is 22.5 Å². The number of hydrogen-bond acceptors (Lipinski definition) is 9. The van der Waals surface area contributed by atoms with Crippen molar-refractivity contribution in [3.63, 3.8) is 0 Å². The van der Waals surface area contributed by atoms with Crippen molar-refractivity contribution in [3.8, 4) is 44.5 Å². The fourth-order valence-corrected chi connectivity index (χ4v) is 22.6. The van der Waals surface area contributed by atoms with Crippen LogP contribution in [0.4, 0.5) is 17.1 Å². The van der Waals surface area contributed by atoms with Crippen LogP contribution in [0.25, 0.3) is 197 Å². The van der Waals surface area contributed by atoms with Crippen LogP contribution >= 0.6 is 0 Å². The average Bonchev–Trinajstić information content (AvgIpc) is 0.683. The number of benzene rings is 18. The number of nitrogens with zero attached hydrogens (tertiary/aromatic N) is 5. The van der Waals surface area contributed by atoms with Gasteiger partial charge in [-0.2, -0.15) is 0 Å². The first-order chi connectivity index (χ1) is 64.4. The lowest BCUT2D eigenvalue weighted by Crippen LogP contribution is -2.28. The zero-order chi connectivity index (χ0) is 87.2. The smallest absolute Gasteiger partial charge is 0.197 e.